The number of carbonyl (C=O) groups is 1. The third kappa shape index (κ3) is 3.81. The second-order valence-electron chi connectivity index (χ2n) is 6.34. The van der Waals surface area contributed by atoms with Crippen molar-refractivity contribution >= 4 is 28.8 Å². The zero-order valence-electron chi connectivity index (χ0n) is 13.7. The van der Waals surface area contributed by atoms with Crippen LogP contribution in [0.25, 0.3) is 0 Å². The van der Waals surface area contributed by atoms with Crippen molar-refractivity contribution in [3.63, 3.8) is 0 Å². The number of hydrogen-bond acceptors (Lipinski definition) is 4. The number of thiophene rings is 1. The molecule has 0 radical (unpaired) electrons. The van der Waals surface area contributed by atoms with Gasteiger partial charge in [-0.3, -0.25) is 9.69 Å². The number of benzene rings is 1. The maximum atomic E-state index is 12.9. The summed E-state index contributed by atoms with van der Waals surface area (Å²) in [5.41, 5.74) is 6.23. The van der Waals surface area contributed by atoms with Gasteiger partial charge in [-0.05, 0) is 24.6 Å². The summed E-state index contributed by atoms with van der Waals surface area (Å²) in [6.07, 6.45) is 0. The highest BCUT2D eigenvalue weighted by Gasteiger charge is 2.35. The molecule has 1 aromatic heterocycles. The van der Waals surface area contributed by atoms with Crippen LogP contribution in [0.4, 0.5) is 0 Å². The van der Waals surface area contributed by atoms with Crippen LogP contribution in [0.1, 0.15) is 17.4 Å². The van der Waals surface area contributed by atoms with Crippen molar-refractivity contribution in [1.29, 1.82) is 0 Å². The summed E-state index contributed by atoms with van der Waals surface area (Å²) >= 11 is 7.60. The van der Waals surface area contributed by atoms with Crippen LogP contribution in [-0.4, -0.2) is 41.9 Å². The number of rotatable bonds is 4. The van der Waals surface area contributed by atoms with Crippen LogP contribution in [0.15, 0.2) is 42.5 Å². The summed E-state index contributed by atoms with van der Waals surface area (Å²) in [5, 5.41) is 0. The van der Waals surface area contributed by atoms with Crippen molar-refractivity contribution in [2.45, 2.75) is 19.0 Å². The van der Waals surface area contributed by atoms with Gasteiger partial charge >= 0.3 is 0 Å². The van der Waals surface area contributed by atoms with Gasteiger partial charge in [0.1, 0.15) is 5.54 Å². The van der Waals surface area contributed by atoms with Crippen LogP contribution < -0.4 is 5.73 Å². The highest BCUT2D eigenvalue weighted by molar-refractivity contribution is 7.16. The van der Waals surface area contributed by atoms with Crippen molar-refractivity contribution < 1.29 is 4.79 Å². The van der Waals surface area contributed by atoms with Gasteiger partial charge < -0.3 is 10.6 Å². The summed E-state index contributed by atoms with van der Waals surface area (Å²) in [5.74, 6) is -0.00693. The lowest BCUT2D eigenvalue weighted by molar-refractivity contribution is -0.138. The normalized spacial score (nSPS) is 18.4. The fourth-order valence-corrected chi connectivity index (χ4v) is 4.13. The minimum absolute atomic E-state index is 0.00693. The lowest BCUT2D eigenvalue weighted by atomic mass is 9.91. The van der Waals surface area contributed by atoms with E-state index in [1.807, 2.05) is 41.3 Å². The Hall–Kier alpha value is -1.40. The number of carbonyl (C=O) groups excluding carboxylic acids is 1. The third-order valence-corrected chi connectivity index (χ3v) is 5.70. The average Bonchev–Trinajstić information content (AvgIpc) is 3.00. The van der Waals surface area contributed by atoms with E-state index in [1.165, 1.54) is 4.88 Å². The molecule has 2 N–H and O–H groups in total. The van der Waals surface area contributed by atoms with E-state index in [0.29, 0.717) is 13.1 Å². The molecule has 1 saturated heterocycles. The first-order valence-corrected chi connectivity index (χ1v) is 9.26. The number of hydrogen-bond donors (Lipinski definition) is 1. The molecule has 0 aliphatic carbocycles. The first-order chi connectivity index (χ1) is 11.5. The Morgan fingerprint density at radius 2 is 1.83 bits per heavy atom. The van der Waals surface area contributed by atoms with Crippen LogP contribution in [0.5, 0.6) is 0 Å². The summed E-state index contributed by atoms with van der Waals surface area (Å²) < 4.78 is 0.820. The largest absolute Gasteiger partial charge is 0.338 e. The van der Waals surface area contributed by atoms with E-state index in [4.69, 9.17) is 17.3 Å². The van der Waals surface area contributed by atoms with Crippen LogP contribution in [-0.2, 0) is 16.9 Å². The maximum Gasteiger partial charge on any atom is 0.247 e. The first-order valence-electron chi connectivity index (χ1n) is 8.07. The Morgan fingerprint density at radius 3 is 2.42 bits per heavy atom. The molecule has 1 unspecified atom stereocenters. The average molecular weight is 364 g/mol. The van der Waals surface area contributed by atoms with E-state index >= 15 is 0 Å². The SMILES string of the molecule is CC(N)(C(=O)N1CCN(Cc2ccc(Cl)s2)CC1)c1ccccc1. The molecule has 0 bridgehead atoms. The van der Waals surface area contributed by atoms with E-state index in [2.05, 4.69) is 11.0 Å². The first kappa shape index (κ1) is 17.4. The van der Waals surface area contributed by atoms with Gasteiger partial charge in [0.05, 0.1) is 4.34 Å². The molecular weight excluding hydrogens is 342 g/mol. The number of nitrogens with zero attached hydrogens (tertiary/aromatic N) is 2. The van der Waals surface area contributed by atoms with Crippen molar-refractivity contribution in [2.24, 2.45) is 5.73 Å². The Bertz CT molecular complexity index is 693. The van der Waals surface area contributed by atoms with Crippen LogP contribution in [0.2, 0.25) is 4.34 Å². The van der Waals surface area contributed by atoms with Gasteiger partial charge in [0.15, 0.2) is 0 Å². The number of halogens is 1. The Labute approximate surface area is 151 Å². The van der Waals surface area contributed by atoms with Crippen LogP contribution in [0, 0.1) is 0 Å². The van der Waals surface area contributed by atoms with Gasteiger partial charge in [-0.15, -0.1) is 11.3 Å². The number of amides is 1. The van der Waals surface area contributed by atoms with Gasteiger partial charge in [0.2, 0.25) is 5.91 Å². The topological polar surface area (TPSA) is 49.6 Å². The van der Waals surface area contributed by atoms with Gasteiger partial charge in [-0.1, -0.05) is 41.9 Å². The quantitative estimate of drug-likeness (QED) is 0.908. The molecule has 4 nitrogen and oxygen atoms in total. The summed E-state index contributed by atoms with van der Waals surface area (Å²) in [6, 6.07) is 13.6. The standard InChI is InChI=1S/C18H22ClN3OS/c1-18(20,14-5-3-2-4-6-14)17(23)22-11-9-21(10-12-22)13-15-7-8-16(19)24-15/h2-8H,9-13,20H2,1H3. The van der Waals surface area contributed by atoms with Crippen molar-refractivity contribution in [1.82, 2.24) is 9.80 Å². The van der Waals surface area contributed by atoms with Gasteiger partial charge in [-0.25, -0.2) is 0 Å². The van der Waals surface area contributed by atoms with E-state index in [0.717, 1.165) is 29.5 Å². The molecular formula is C18H22ClN3OS. The molecule has 24 heavy (non-hydrogen) atoms. The van der Waals surface area contributed by atoms with Gasteiger partial charge in [-0.2, -0.15) is 0 Å². The predicted molar refractivity (Wildman–Crippen MR) is 99.2 cm³/mol. The zero-order chi connectivity index (χ0) is 17.2. The van der Waals surface area contributed by atoms with Crippen molar-refractivity contribution in [3.8, 4) is 0 Å². The monoisotopic (exact) mass is 363 g/mol. The molecule has 0 saturated carbocycles. The molecule has 1 fully saturated rings. The third-order valence-electron chi connectivity index (χ3n) is 4.49. The van der Waals surface area contributed by atoms with E-state index in [9.17, 15) is 4.79 Å². The molecule has 2 heterocycles. The second kappa shape index (κ2) is 7.23. The molecule has 3 rings (SSSR count). The molecule has 1 aliphatic rings. The lowest BCUT2D eigenvalue weighted by Gasteiger charge is -2.38. The Balaban J connectivity index is 1.59. The summed E-state index contributed by atoms with van der Waals surface area (Å²) in [6.45, 7) is 5.80. The number of piperazine rings is 1. The van der Waals surface area contributed by atoms with Gasteiger partial charge in [0, 0.05) is 37.6 Å². The fourth-order valence-electron chi connectivity index (χ4n) is 3.00. The molecule has 1 amide bonds. The zero-order valence-corrected chi connectivity index (χ0v) is 15.3. The van der Waals surface area contributed by atoms with Crippen LogP contribution >= 0.6 is 22.9 Å². The maximum absolute atomic E-state index is 12.9. The Kier molecular flexibility index (Phi) is 5.25. The summed E-state index contributed by atoms with van der Waals surface area (Å²) in [4.78, 5) is 18.3. The van der Waals surface area contributed by atoms with E-state index in [1.54, 1.807) is 18.3 Å². The summed E-state index contributed by atoms with van der Waals surface area (Å²) in [7, 11) is 0. The molecule has 6 heteroatoms. The minimum Gasteiger partial charge on any atom is -0.338 e. The van der Waals surface area contributed by atoms with Crippen molar-refractivity contribution in [3.05, 3.63) is 57.2 Å². The fraction of sp³-hybridized carbons (Fsp3) is 0.389. The second-order valence-corrected chi connectivity index (χ2v) is 8.14. The van der Waals surface area contributed by atoms with Gasteiger partial charge in [0.25, 0.3) is 0 Å². The van der Waals surface area contributed by atoms with Crippen LogP contribution in [0.3, 0.4) is 0 Å². The minimum atomic E-state index is -0.981. The molecule has 128 valence electrons. The molecule has 1 atom stereocenters. The lowest BCUT2D eigenvalue weighted by Crippen LogP contribution is -2.56. The smallest absolute Gasteiger partial charge is 0.247 e. The van der Waals surface area contributed by atoms with Crippen molar-refractivity contribution in [2.75, 3.05) is 26.2 Å². The molecule has 1 aromatic carbocycles. The molecule has 2 aromatic rings. The predicted octanol–water partition coefficient (Wildman–Crippen LogP) is 2.92. The number of nitrogens with two attached hydrogens (primary N) is 1. The highest BCUT2D eigenvalue weighted by atomic mass is 35.5. The van der Waals surface area contributed by atoms with E-state index < -0.39 is 5.54 Å². The Morgan fingerprint density at radius 1 is 1.17 bits per heavy atom. The highest BCUT2D eigenvalue weighted by Crippen LogP contribution is 2.24. The molecule has 1 aliphatic heterocycles. The molecule has 0 spiro atoms. The van der Waals surface area contributed by atoms with E-state index in [-0.39, 0.29) is 5.91 Å².